The van der Waals surface area contributed by atoms with Crippen molar-refractivity contribution < 1.29 is 9.53 Å². The summed E-state index contributed by atoms with van der Waals surface area (Å²) in [6.45, 7) is 1.87. The molecule has 1 atom stereocenters. The molecule has 0 saturated heterocycles. The maximum atomic E-state index is 12.3. The van der Waals surface area contributed by atoms with Crippen LogP contribution in [0.5, 0.6) is 5.75 Å². The van der Waals surface area contributed by atoms with Gasteiger partial charge in [-0.3, -0.25) is 10.1 Å². The van der Waals surface area contributed by atoms with Crippen LogP contribution in [0.4, 0.5) is 5.13 Å². The quantitative estimate of drug-likeness (QED) is 0.643. The van der Waals surface area contributed by atoms with Gasteiger partial charge in [0.2, 0.25) is 5.13 Å². The number of benzene rings is 2. The summed E-state index contributed by atoms with van der Waals surface area (Å²) in [7, 11) is 0. The van der Waals surface area contributed by atoms with Crippen LogP contribution in [0.2, 0.25) is 10.0 Å². The number of hydrogen-bond acceptors (Lipinski definition) is 5. The highest BCUT2D eigenvalue weighted by atomic mass is 35.5. The van der Waals surface area contributed by atoms with Gasteiger partial charge < -0.3 is 4.74 Å². The molecule has 0 aliphatic rings. The summed E-state index contributed by atoms with van der Waals surface area (Å²) < 4.78 is 5.80. The molecular weight excluding hydrogens is 381 g/mol. The first kappa shape index (κ1) is 17.7. The molecule has 1 amide bonds. The van der Waals surface area contributed by atoms with Crippen LogP contribution in [-0.2, 0) is 0 Å². The maximum Gasteiger partial charge on any atom is 0.259 e. The first-order valence-corrected chi connectivity index (χ1v) is 8.91. The number of hydrogen-bond donors (Lipinski definition) is 1. The van der Waals surface area contributed by atoms with Gasteiger partial charge in [-0.2, -0.15) is 0 Å². The van der Waals surface area contributed by atoms with Crippen LogP contribution >= 0.6 is 34.5 Å². The van der Waals surface area contributed by atoms with E-state index < -0.39 is 0 Å². The van der Waals surface area contributed by atoms with E-state index in [1.54, 1.807) is 12.1 Å². The predicted molar refractivity (Wildman–Crippen MR) is 99.8 cm³/mol. The zero-order chi connectivity index (χ0) is 17.8. The number of nitrogens with zero attached hydrogens (tertiary/aromatic N) is 2. The van der Waals surface area contributed by atoms with Crippen molar-refractivity contribution in [1.82, 2.24) is 10.2 Å². The number of carbonyl (C=O) groups is 1. The summed E-state index contributed by atoms with van der Waals surface area (Å²) in [5.41, 5.74) is 0.316. The molecule has 1 N–H and O–H groups in total. The van der Waals surface area contributed by atoms with Crippen molar-refractivity contribution in [3.8, 4) is 5.75 Å². The number of anilines is 1. The minimum atomic E-state index is -0.374. The highest BCUT2D eigenvalue weighted by molar-refractivity contribution is 7.15. The van der Waals surface area contributed by atoms with Crippen molar-refractivity contribution >= 4 is 45.6 Å². The van der Waals surface area contributed by atoms with Crippen LogP contribution in [0.1, 0.15) is 28.4 Å². The third kappa shape index (κ3) is 4.48. The van der Waals surface area contributed by atoms with E-state index >= 15 is 0 Å². The van der Waals surface area contributed by atoms with Crippen LogP contribution < -0.4 is 10.1 Å². The van der Waals surface area contributed by atoms with Gasteiger partial charge in [0.05, 0.1) is 10.6 Å². The molecule has 0 unspecified atom stereocenters. The normalized spacial score (nSPS) is 11.8. The van der Waals surface area contributed by atoms with Crippen molar-refractivity contribution in [2.45, 2.75) is 13.0 Å². The summed E-state index contributed by atoms with van der Waals surface area (Å²) in [6.07, 6.45) is -0.287. The van der Waals surface area contributed by atoms with Crippen LogP contribution in [0.3, 0.4) is 0 Å². The first-order valence-electron chi connectivity index (χ1n) is 7.34. The maximum absolute atomic E-state index is 12.3. The Kier molecular flexibility index (Phi) is 5.53. The Morgan fingerprint density at radius 2 is 1.92 bits per heavy atom. The Morgan fingerprint density at radius 1 is 1.16 bits per heavy atom. The van der Waals surface area contributed by atoms with Crippen molar-refractivity contribution in [3.63, 3.8) is 0 Å². The lowest BCUT2D eigenvalue weighted by molar-refractivity contribution is 0.102. The largest absolute Gasteiger partial charge is 0.483 e. The number of aromatic nitrogens is 2. The fourth-order valence-electron chi connectivity index (χ4n) is 2.04. The van der Waals surface area contributed by atoms with E-state index in [0.717, 1.165) is 5.75 Å². The van der Waals surface area contributed by atoms with E-state index in [1.807, 2.05) is 37.3 Å². The highest BCUT2D eigenvalue weighted by Crippen LogP contribution is 2.27. The SMILES string of the molecule is C[C@H](Oc1ccccc1)c1nnc(NC(=O)c2ccc(Cl)cc2Cl)s1. The van der Waals surface area contributed by atoms with Crippen molar-refractivity contribution in [2.75, 3.05) is 5.32 Å². The summed E-state index contributed by atoms with van der Waals surface area (Å²) in [5, 5.41) is 12.5. The molecule has 128 valence electrons. The van der Waals surface area contributed by atoms with E-state index in [9.17, 15) is 4.79 Å². The monoisotopic (exact) mass is 393 g/mol. The summed E-state index contributed by atoms with van der Waals surface area (Å²) >= 11 is 13.1. The second kappa shape index (κ2) is 7.82. The van der Waals surface area contributed by atoms with E-state index in [2.05, 4.69) is 15.5 Å². The van der Waals surface area contributed by atoms with Gasteiger partial charge in [0, 0.05) is 5.02 Å². The number of rotatable bonds is 5. The molecule has 3 rings (SSSR count). The fraction of sp³-hybridized carbons (Fsp3) is 0.118. The van der Waals surface area contributed by atoms with E-state index in [1.165, 1.54) is 17.4 Å². The van der Waals surface area contributed by atoms with Gasteiger partial charge in [0.15, 0.2) is 5.01 Å². The molecule has 2 aromatic carbocycles. The minimum absolute atomic E-state index is 0.274. The topological polar surface area (TPSA) is 64.1 Å². The molecule has 0 saturated carbocycles. The Morgan fingerprint density at radius 3 is 2.64 bits per heavy atom. The molecule has 0 aliphatic carbocycles. The Hall–Kier alpha value is -2.15. The first-order chi connectivity index (χ1) is 12.0. The number of para-hydroxylation sites is 1. The summed E-state index contributed by atoms with van der Waals surface area (Å²) in [5.74, 6) is 0.365. The molecule has 0 radical (unpaired) electrons. The third-order valence-corrected chi connectivity index (χ3v) is 4.79. The van der Waals surface area contributed by atoms with Crippen molar-refractivity contribution in [3.05, 3.63) is 69.1 Å². The lowest BCUT2D eigenvalue weighted by atomic mass is 10.2. The van der Waals surface area contributed by atoms with Gasteiger partial charge in [-0.1, -0.05) is 52.7 Å². The average molecular weight is 394 g/mol. The molecule has 25 heavy (non-hydrogen) atoms. The molecular formula is C17H13Cl2N3O2S. The molecule has 0 aliphatic heterocycles. The summed E-state index contributed by atoms with van der Waals surface area (Å²) in [4.78, 5) is 12.3. The smallest absolute Gasteiger partial charge is 0.259 e. The molecule has 1 heterocycles. The zero-order valence-electron chi connectivity index (χ0n) is 13.1. The number of carbonyl (C=O) groups excluding carboxylic acids is 1. The van der Waals surface area contributed by atoms with Crippen LogP contribution in [-0.4, -0.2) is 16.1 Å². The Bertz CT molecular complexity index is 887. The van der Waals surface area contributed by atoms with Crippen LogP contribution in [0.25, 0.3) is 0 Å². The Labute approximate surface area is 158 Å². The Balaban J connectivity index is 1.68. The second-order valence-corrected chi connectivity index (χ2v) is 6.95. The second-order valence-electron chi connectivity index (χ2n) is 5.10. The zero-order valence-corrected chi connectivity index (χ0v) is 15.4. The highest BCUT2D eigenvalue weighted by Gasteiger charge is 2.17. The predicted octanol–water partition coefficient (Wildman–Crippen LogP) is 5.24. The average Bonchev–Trinajstić information content (AvgIpc) is 3.04. The molecule has 5 nitrogen and oxygen atoms in total. The van der Waals surface area contributed by atoms with Crippen molar-refractivity contribution in [1.29, 1.82) is 0 Å². The summed E-state index contributed by atoms with van der Waals surface area (Å²) in [6, 6.07) is 14.1. The molecule has 1 aromatic heterocycles. The van der Waals surface area contributed by atoms with Gasteiger partial charge >= 0.3 is 0 Å². The number of halogens is 2. The number of amides is 1. The van der Waals surface area contributed by atoms with E-state index in [0.29, 0.717) is 20.7 Å². The molecule has 0 spiro atoms. The number of ether oxygens (including phenoxy) is 1. The molecule has 0 bridgehead atoms. The molecule has 3 aromatic rings. The fourth-order valence-corrected chi connectivity index (χ4v) is 3.25. The van der Waals surface area contributed by atoms with Gasteiger partial charge in [-0.05, 0) is 37.3 Å². The van der Waals surface area contributed by atoms with Gasteiger partial charge in [-0.25, -0.2) is 0 Å². The molecule has 8 heteroatoms. The molecule has 0 fully saturated rings. The van der Waals surface area contributed by atoms with Gasteiger partial charge in [-0.15, -0.1) is 10.2 Å². The van der Waals surface area contributed by atoms with Crippen molar-refractivity contribution in [2.24, 2.45) is 0 Å². The lowest BCUT2D eigenvalue weighted by Gasteiger charge is -2.11. The van der Waals surface area contributed by atoms with Crippen LogP contribution in [0.15, 0.2) is 48.5 Å². The third-order valence-electron chi connectivity index (χ3n) is 3.24. The van der Waals surface area contributed by atoms with Gasteiger partial charge in [0.1, 0.15) is 11.9 Å². The standard InChI is InChI=1S/C17H13Cl2N3O2S/c1-10(24-12-5-3-2-4-6-12)16-21-22-17(25-16)20-15(23)13-8-7-11(18)9-14(13)19/h2-10H,1H3,(H,20,22,23)/t10-/m0/s1. The number of nitrogens with one attached hydrogen (secondary N) is 1. The lowest BCUT2D eigenvalue weighted by Crippen LogP contribution is -2.12. The van der Waals surface area contributed by atoms with E-state index in [-0.39, 0.29) is 17.0 Å². The minimum Gasteiger partial charge on any atom is -0.483 e. The van der Waals surface area contributed by atoms with Gasteiger partial charge in [0.25, 0.3) is 5.91 Å². The van der Waals surface area contributed by atoms with Crippen LogP contribution in [0, 0.1) is 0 Å². The van der Waals surface area contributed by atoms with E-state index in [4.69, 9.17) is 27.9 Å².